The molecule has 1 aromatic carbocycles. The van der Waals surface area contributed by atoms with E-state index in [1.54, 1.807) is 0 Å². The third kappa shape index (κ3) is 3.35. The molecule has 0 aliphatic carbocycles. The Morgan fingerprint density at radius 2 is 1.76 bits per heavy atom. The van der Waals surface area contributed by atoms with Crippen molar-refractivity contribution in [3.63, 3.8) is 0 Å². The normalized spacial score (nSPS) is 19.3. The summed E-state index contributed by atoms with van der Waals surface area (Å²) >= 11 is 0. The Balaban J connectivity index is 1.88. The topological polar surface area (TPSA) is 52.7 Å². The lowest BCUT2D eigenvalue weighted by molar-refractivity contribution is 0.123. The third-order valence-electron chi connectivity index (χ3n) is 3.15. The molecule has 1 saturated heterocycles. The summed E-state index contributed by atoms with van der Waals surface area (Å²) in [5, 5.41) is 9.35. The number of piperazine rings is 1. The first-order chi connectivity index (χ1) is 8.15. The van der Waals surface area contributed by atoms with E-state index in [0.717, 1.165) is 38.4 Å². The summed E-state index contributed by atoms with van der Waals surface area (Å²) in [6, 6.07) is 8.02. The summed E-state index contributed by atoms with van der Waals surface area (Å²) < 4.78 is 0. The summed E-state index contributed by atoms with van der Waals surface area (Å²) in [7, 11) is 0. The van der Waals surface area contributed by atoms with Crippen LogP contribution in [-0.4, -0.2) is 48.8 Å². The van der Waals surface area contributed by atoms with E-state index in [1.165, 1.54) is 5.69 Å². The average Bonchev–Trinajstić information content (AvgIpc) is 2.30. The first-order valence-corrected chi connectivity index (χ1v) is 6.16. The Labute approximate surface area is 103 Å². The molecule has 0 radical (unpaired) electrons. The molecular formula is C13H21N3O. The van der Waals surface area contributed by atoms with Crippen molar-refractivity contribution >= 4 is 11.4 Å². The van der Waals surface area contributed by atoms with Crippen molar-refractivity contribution in [2.75, 3.05) is 43.4 Å². The molecule has 17 heavy (non-hydrogen) atoms. The fourth-order valence-electron chi connectivity index (χ4n) is 2.25. The zero-order valence-corrected chi connectivity index (χ0v) is 10.3. The van der Waals surface area contributed by atoms with E-state index in [4.69, 9.17) is 5.73 Å². The Bertz CT molecular complexity index is 342. The number of nitrogens with two attached hydrogens (primary N) is 1. The number of β-amino-alcohol motifs (C(OH)–C–C–N with tert-alkyl or cyclic N) is 1. The van der Waals surface area contributed by atoms with E-state index < -0.39 is 0 Å². The molecule has 1 atom stereocenters. The minimum Gasteiger partial charge on any atom is -0.399 e. The van der Waals surface area contributed by atoms with Gasteiger partial charge in [0.1, 0.15) is 0 Å². The molecule has 0 aromatic heterocycles. The molecule has 1 aliphatic heterocycles. The van der Waals surface area contributed by atoms with Crippen LogP contribution in [0.4, 0.5) is 11.4 Å². The number of aliphatic hydroxyl groups excluding tert-OH is 1. The monoisotopic (exact) mass is 235 g/mol. The van der Waals surface area contributed by atoms with Crippen LogP contribution in [0, 0.1) is 0 Å². The molecule has 4 heteroatoms. The van der Waals surface area contributed by atoms with Gasteiger partial charge in [0.2, 0.25) is 0 Å². The van der Waals surface area contributed by atoms with Gasteiger partial charge in [-0.25, -0.2) is 0 Å². The van der Waals surface area contributed by atoms with E-state index >= 15 is 0 Å². The van der Waals surface area contributed by atoms with Gasteiger partial charge in [-0.2, -0.15) is 0 Å². The van der Waals surface area contributed by atoms with Crippen molar-refractivity contribution in [1.29, 1.82) is 0 Å². The molecule has 0 bridgehead atoms. The molecule has 0 amide bonds. The first kappa shape index (κ1) is 12.2. The summed E-state index contributed by atoms with van der Waals surface area (Å²) in [5.74, 6) is 0. The smallest absolute Gasteiger partial charge is 0.0639 e. The maximum Gasteiger partial charge on any atom is 0.0639 e. The first-order valence-electron chi connectivity index (χ1n) is 6.16. The predicted octanol–water partition coefficient (Wildman–Crippen LogP) is 0.772. The van der Waals surface area contributed by atoms with Crippen molar-refractivity contribution in [3.05, 3.63) is 24.3 Å². The van der Waals surface area contributed by atoms with Crippen LogP contribution < -0.4 is 10.6 Å². The van der Waals surface area contributed by atoms with Crippen molar-refractivity contribution in [1.82, 2.24) is 4.90 Å². The minimum atomic E-state index is -0.238. The van der Waals surface area contributed by atoms with Crippen molar-refractivity contribution in [2.45, 2.75) is 13.0 Å². The van der Waals surface area contributed by atoms with Gasteiger partial charge in [-0.05, 0) is 31.2 Å². The minimum absolute atomic E-state index is 0.238. The number of rotatable bonds is 3. The summed E-state index contributed by atoms with van der Waals surface area (Å²) in [4.78, 5) is 4.66. The standard InChI is InChI=1S/C13H21N3O/c1-11(17)10-15-6-8-16(9-7-15)13-4-2-12(14)3-5-13/h2-5,11,17H,6-10,14H2,1H3/t11-/m0/s1. The molecule has 1 aromatic rings. The number of anilines is 2. The predicted molar refractivity (Wildman–Crippen MR) is 71.2 cm³/mol. The molecule has 1 fully saturated rings. The number of nitrogen functional groups attached to an aromatic ring is 1. The number of benzene rings is 1. The molecule has 4 nitrogen and oxygen atoms in total. The molecule has 0 saturated carbocycles. The van der Waals surface area contributed by atoms with Gasteiger partial charge >= 0.3 is 0 Å². The fraction of sp³-hybridized carbons (Fsp3) is 0.538. The van der Waals surface area contributed by atoms with Gasteiger partial charge in [-0.3, -0.25) is 4.90 Å². The lowest BCUT2D eigenvalue weighted by atomic mass is 10.2. The summed E-state index contributed by atoms with van der Waals surface area (Å²) in [6.45, 7) is 6.65. The van der Waals surface area contributed by atoms with Crippen LogP contribution in [0.1, 0.15) is 6.92 Å². The van der Waals surface area contributed by atoms with Crippen LogP contribution in [0.2, 0.25) is 0 Å². The number of hydrogen-bond acceptors (Lipinski definition) is 4. The Morgan fingerprint density at radius 3 is 2.29 bits per heavy atom. The van der Waals surface area contributed by atoms with Crippen LogP contribution >= 0.6 is 0 Å². The van der Waals surface area contributed by atoms with Gasteiger partial charge in [0.15, 0.2) is 0 Å². The lowest BCUT2D eigenvalue weighted by Crippen LogP contribution is -2.48. The second-order valence-electron chi connectivity index (χ2n) is 4.73. The van der Waals surface area contributed by atoms with E-state index in [-0.39, 0.29) is 6.10 Å². The Kier molecular flexibility index (Phi) is 3.86. The van der Waals surface area contributed by atoms with E-state index in [0.29, 0.717) is 0 Å². The van der Waals surface area contributed by atoms with Crippen LogP contribution in [0.3, 0.4) is 0 Å². The Morgan fingerprint density at radius 1 is 1.18 bits per heavy atom. The van der Waals surface area contributed by atoms with E-state index in [9.17, 15) is 5.11 Å². The van der Waals surface area contributed by atoms with Gasteiger partial charge < -0.3 is 15.7 Å². The lowest BCUT2D eigenvalue weighted by Gasteiger charge is -2.36. The van der Waals surface area contributed by atoms with Gasteiger partial charge in [0.05, 0.1) is 6.10 Å². The third-order valence-corrected chi connectivity index (χ3v) is 3.15. The van der Waals surface area contributed by atoms with E-state index in [1.807, 2.05) is 19.1 Å². The van der Waals surface area contributed by atoms with Crippen molar-refractivity contribution in [3.8, 4) is 0 Å². The number of aliphatic hydroxyl groups is 1. The van der Waals surface area contributed by atoms with Gasteiger partial charge in [-0.1, -0.05) is 0 Å². The van der Waals surface area contributed by atoms with E-state index in [2.05, 4.69) is 21.9 Å². The maximum atomic E-state index is 9.35. The summed E-state index contributed by atoms with van der Waals surface area (Å²) in [5.41, 5.74) is 7.72. The largest absolute Gasteiger partial charge is 0.399 e. The highest BCUT2D eigenvalue weighted by Crippen LogP contribution is 2.18. The van der Waals surface area contributed by atoms with Gasteiger partial charge in [0, 0.05) is 44.1 Å². The zero-order valence-electron chi connectivity index (χ0n) is 10.3. The molecule has 3 N–H and O–H groups in total. The maximum absolute atomic E-state index is 9.35. The molecule has 94 valence electrons. The van der Waals surface area contributed by atoms with Crippen molar-refractivity contribution < 1.29 is 5.11 Å². The number of hydrogen-bond donors (Lipinski definition) is 2. The second kappa shape index (κ2) is 5.38. The van der Waals surface area contributed by atoms with Gasteiger partial charge in [0.25, 0.3) is 0 Å². The molecule has 1 heterocycles. The molecule has 1 aliphatic rings. The zero-order chi connectivity index (χ0) is 12.3. The molecule has 0 spiro atoms. The van der Waals surface area contributed by atoms with Crippen LogP contribution in [0.25, 0.3) is 0 Å². The average molecular weight is 235 g/mol. The van der Waals surface area contributed by atoms with Crippen LogP contribution in [0.5, 0.6) is 0 Å². The highest BCUT2D eigenvalue weighted by molar-refractivity contribution is 5.53. The highest BCUT2D eigenvalue weighted by atomic mass is 16.3. The quantitative estimate of drug-likeness (QED) is 0.760. The number of nitrogens with zero attached hydrogens (tertiary/aromatic N) is 2. The highest BCUT2D eigenvalue weighted by Gasteiger charge is 2.17. The summed E-state index contributed by atoms with van der Waals surface area (Å²) in [6.07, 6.45) is -0.238. The Hall–Kier alpha value is -1.26. The SMILES string of the molecule is C[C@H](O)CN1CCN(c2ccc(N)cc2)CC1. The van der Waals surface area contributed by atoms with Crippen molar-refractivity contribution in [2.24, 2.45) is 0 Å². The van der Waals surface area contributed by atoms with Gasteiger partial charge in [-0.15, -0.1) is 0 Å². The van der Waals surface area contributed by atoms with Crippen LogP contribution in [0.15, 0.2) is 24.3 Å². The van der Waals surface area contributed by atoms with Crippen LogP contribution in [-0.2, 0) is 0 Å². The molecule has 0 unspecified atom stereocenters. The second-order valence-corrected chi connectivity index (χ2v) is 4.73. The molecular weight excluding hydrogens is 214 g/mol. The molecule has 2 rings (SSSR count). The fourth-order valence-corrected chi connectivity index (χ4v) is 2.25.